The van der Waals surface area contributed by atoms with E-state index in [1.807, 2.05) is 31.2 Å². The van der Waals surface area contributed by atoms with E-state index in [1.165, 1.54) is 12.1 Å². The Morgan fingerprint density at radius 3 is 2.39 bits per heavy atom. The first-order chi connectivity index (χ1) is 8.58. The summed E-state index contributed by atoms with van der Waals surface area (Å²) in [4.78, 5) is 22.6. The van der Waals surface area contributed by atoms with Crippen LogP contribution in [0.4, 0.5) is 0 Å². The maximum Gasteiger partial charge on any atom is 0.371 e. The summed E-state index contributed by atoms with van der Waals surface area (Å²) >= 11 is 0. The zero-order chi connectivity index (χ0) is 13.1. The van der Waals surface area contributed by atoms with Gasteiger partial charge in [-0.05, 0) is 30.2 Å². The average Bonchev–Trinajstić information content (AvgIpc) is 2.81. The van der Waals surface area contributed by atoms with Crippen LogP contribution in [-0.4, -0.2) is 16.9 Å². The van der Waals surface area contributed by atoms with Crippen molar-refractivity contribution >= 4 is 11.8 Å². The van der Waals surface area contributed by atoms with Crippen LogP contribution in [0.1, 0.15) is 32.2 Å². The first-order valence-corrected chi connectivity index (χ1v) is 5.49. The largest absolute Gasteiger partial charge is 0.475 e. The number of hydrogen-bond donors (Lipinski definition) is 1. The van der Waals surface area contributed by atoms with Crippen LogP contribution in [0, 0.1) is 6.92 Å². The summed E-state index contributed by atoms with van der Waals surface area (Å²) in [6, 6.07) is 10.2. The van der Waals surface area contributed by atoms with Gasteiger partial charge in [0, 0.05) is 6.42 Å². The highest BCUT2D eigenvalue weighted by Crippen LogP contribution is 2.14. The van der Waals surface area contributed by atoms with E-state index in [-0.39, 0.29) is 23.7 Å². The van der Waals surface area contributed by atoms with Crippen LogP contribution in [0.15, 0.2) is 40.8 Å². The quantitative estimate of drug-likeness (QED) is 0.839. The van der Waals surface area contributed by atoms with Gasteiger partial charge in [-0.3, -0.25) is 4.79 Å². The van der Waals surface area contributed by atoms with E-state index in [9.17, 15) is 9.59 Å². The van der Waals surface area contributed by atoms with Crippen molar-refractivity contribution in [3.05, 3.63) is 59.0 Å². The van der Waals surface area contributed by atoms with E-state index in [2.05, 4.69) is 0 Å². The lowest BCUT2D eigenvalue weighted by Crippen LogP contribution is -2.03. The van der Waals surface area contributed by atoms with Gasteiger partial charge in [0.05, 0.1) is 0 Å². The molecule has 0 aliphatic rings. The molecule has 1 N–H and O–H groups in total. The lowest BCUT2D eigenvalue weighted by molar-refractivity contribution is 0.0660. The Morgan fingerprint density at radius 2 is 1.78 bits per heavy atom. The summed E-state index contributed by atoms with van der Waals surface area (Å²) in [5.41, 5.74) is 1.94. The van der Waals surface area contributed by atoms with Gasteiger partial charge >= 0.3 is 5.97 Å². The highest BCUT2D eigenvalue weighted by Gasteiger charge is 2.15. The van der Waals surface area contributed by atoms with Crippen molar-refractivity contribution in [3.63, 3.8) is 0 Å². The number of hydrogen-bond acceptors (Lipinski definition) is 3. The molecular formula is C14H12O4. The van der Waals surface area contributed by atoms with Gasteiger partial charge in [-0.25, -0.2) is 4.79 Å². The molecule has 0 aliphatic carbocycles. The predicted octanol–water partition coefficient (Wildman–Crippen LogP) is 2.71. The number of carbonyl (C=O) groups is 2. The predicted molar refractivity (Wildman–Crippen MR) is 64.9 cm³/mol. The van der Waals surface area contributed by atoms with E-state index in [4.69, 9.17) is 9.52 Å². The first-order valence-electron chi connectivity index (χ1n) is 5.49. The zero-order valence-electron chi connectivity index (χ0n) is 9.84. The average molecular weight is 244 g/mol. The number of carboxylic acids is 1. The normalized spacial score (nSPS) is 10.3. The van der Waals surface area contributed by atoms with E-state index in [0.29, 0.717) is 0 Å². The minimum Gasteiger partial charge on any atom is -0.475 e. The summed E-state index contributed by atoms with van der Waals surface area (Å²) in [5.74, 6) is -1.54. The summed E-state index contributed by atoms with van der Waals surface area (Å²) in [5, 5.41) is 8.71. The topological polar surface area (TPSA) is 67.5 Å². The smallest absolute Gasteiger partial charge is 0.371 e. The van der Waals surface area contributed by atoms with Crippen molar-refractivity contribution in [3.8, 4) is 0 Å². The molecule has 0 fully saturated rings. The minimum atomic E-state index is -1.18. The van der Waals surface area contributed by atoms with E-state index >= 15 is 0 Å². The lowest BCUT2D eigenvalue weighted by Gasteiger charge is -2.02. The van der Waals surface area contributed by atoms with E-state index < -0.39 is 5.97 Å². The Bertz CT molecular complexity index is 595. The zero-order valence-corrected chi connectivity index (χ0v) is 9.84. The summed E-state index contributed by atoms with van der Waals surface area (Å²) < 4.78 is 4.97. The molecule has 1 heterocycles. The Morgan fingerprint density at radius 1 is 1.11 bits per heavy atom. The number of aromatic carboxylic acids is 1. The Labute approximate surface area is 104 Å². The second kappa shape index (κ2) is 4.87. The van der Waals surface area contributed by atoms with Crippen LogP contribution in [0.25, 0.3) is 0 Å². The van der Waals surface area contributed by atoms with Crippen molar-refractivity contribution in [1.29, 1.82) is 0 Å². The lowest BCUT2D eigenvalue weighted by atomic mass is 10.0. The van der Waals surface area contributed by atoms with Gasteiger partial charge < -0.3 is 9.52 Å². The SMILES string of the molecule is Cc1ccccc1CC(=O)c1ccc(C(=O)O)o1. The van der Waals surface area contributed by atoms with E-state index in [1.54, 1.807) is 0 Å². The molecule has 2 aromatic rings. The number of Topliss-reactive ketones (excluding diaryl/α,β-unsaturated/α-hetero) is 1. The van der Waals surface area contributed by atoms with Gasteiger partial charge in [-0.2, -0.15) is 0 Å². The number of carbonyl (C=O) groups excluding carboxylic acids is 1. The molecule has 0 unspecified atom stereocenters. The summed E-state index contributed by atoms with van der Waals surface area (Å²) in [7, 11) is 0. The molecule has 18 heavy (non-hydrogen) atoms. The van der Waals surface area contributed by atoms with Gasteiger partial charge in [0.1, 0.15) is 0 Å². The number of ketones is 1. The van der Waals surface area contributed by atoms with Gasteiger partial charge in [0.2, 0.25) is 11.5 Å². The first kappa shape index (κ1) is 12.1. The van der Waals surface area contributed by atoms with Crippen molar-refractivity contribution < 1.29 is 19.1 Å². The molecule has 0 saturated heterocycles. The van der Waals surface area contributed by atoms with Gasteiger partial charge in [0.25, 0.3) is 0 Å². The molecule has 0 radical (unpaired) electrons. The van der Waals surface area contributed by atoms with Gasteiger partial charge in [0.15, 0.2) is 5.76 Å². The third kappa shape index (κ3) is 2.48. The number of furan rings is 1. The highest BCUT2D eigenvalue weighted by molar-refractivity contribution is 5.96. The van der Waals surface area contributed by atoms with Crippen molar-refractivity contribution in [2.24, 2.45) is 0 Å². The molecule has 2 rings (SSSR count). The van der Waals surface area contributed by atoms with Crippen LogP contribution in [0.3, 0.4) is 0 Å². The standard InChI is InChI=1S/C14H12O4/c1-9-4-2-3-5-10(9)8-11(15)12-6-7-13(18-12)14(16)17/h2-7H,8H2,1H3,(H,16,17). The van der Waals surface area contributed by atoms with Crippen molar-refractivity contribution in [1.82, 2.24) is 0 Å². The molecule has 0 bridgehead atoms. The molecule has 1 aromatic carbocycles. The number of rotatable bonds is 4. The molecule has 0 atom stereocenters. The number of carboxylic acid groups (broad SMARTS) is 1. The second-order valence-electron chi connectivity index (χ2n) is 4.00. The van der Waals surface area contributed by atoms with Crippen LogP contribution in [0.2, 0.25) is 0 Å². The highest BCUT2D eigenvalue weighted by atomic mass is 16.4. The van der Waals surface area contributed by atoms with Crippen molar-refractivity contribution in [2.45, 2.75) is 13.3 Å². The Kier molecular flexibility index (Phi) is 3.28. The minimum absolute atomic E-state index is 0.0793. The molecule has 4 heteroatoms. The monoisotopic (exact) mass is 244 g/mol. The van der Waals surface area contributed by atoms with Crippen LogP contribution >= 0.6 is 0 Å². The molecular weight excluding hydrogens is 232 g/mol. The molecule has 0 aliphatic heterocycles. The summed E-state index contributed by atoms with van der Waals surface area (Å²) in [6.07, 6.45) is 0.208. The fraction of sp³-hybridized carbons (Fsp3) is 0.143. The van der Waals surface area contributed by atoms with Crippen molar-refractivity contribution in [2.75, 3.05) is 0 Å². The molecule has 0 saturated carbocycles. The number of benzene rings is 1. The van der Waals surface area contributed by atoms with Crippen LogP contribution in [-0.2, 0) is 6.42 Å². The van der Waals surface area contributed by atoms with Gasteiger partial charge in [-0.15, -0.1) is 0 Å². The van der Waals surface area contributed by atoms with Gasteiger partial charge in [-0.1, -0.05) is 24.3 Å². The fourth-order valence-electron chi connectivity index (χ4n) is 1.67. The molecule has 1 aromatic heterocycles. The summed E-state index contributed by atoms with van der Waals surface area (Å²) in [6.45, 7) is 1.92. The third-order valence-electron chi connectivity index (χ3n) is 2.70. The van der Waals surface area contributed by atoms with E-state index in [0.717, 1.165) is 11.1 Å². The Hall–Kier alpha value is -2.36. The molecule has 0 amide bonds. The maximum atomic E-state index is 11.9. The maximum absolute atomic E-state index is 11.9. The Balaban J connectivity index is 2.17. The number of aryl methyl sites for hydroxylation is 1. The fourth-order valence-corrected chi connectivity index (χ4v) is 1.67. The molecule has 92 valence electrons. The van der Waals surface area contributed by atoms with Crippen LogP contribution in [0.5, 0.6) is 0 Å². The molecule has 0 spiro atoms. The second-order valence-corrected chi connectivity index (χ2v) is 4.00. The third-order valence-corrected chi connectivity index (χ3v) is 2.70. The molecule has 4 nitrogen and oxygen atoms in total. The van der Waals surface area contributed by atoms with Crippen LogP contribution < -0.4 is 0 Å².